The molecule has 0 aromatic carbocycles. The third-order valence-corrected chi connectivity index (χ3v) is 5.42. The van der Waals surface area contributed by atoms with Crippen molar-refractivity contribution >= 4 is 5.78 Å². The highest BCUT2D eigenvalue weighted by atomic mass is 16.1. The summed E-state index contributed by atoms with van der Waals surface area (Å²) in [6, 6.07) is 0.183. The zero-order valence-corrected chi connectivity index (χ0v) is 9.43. The van der Waals surface area contributed by atoms with Gasteiger partial charge in [-0.15, -0.1) is 0 Å². The maximum absolute atomic E-state index is 12.3. The molecule has 2 N–H and O–H groups in total. The van der Waals surface area contributed by atoms with Crippen molar-refractivity contribution in [3.63, 3.8) is 0 Å². The van der Waals surface area contributed by atoms with Crippen molar-refractivity contribution in [2.24, 2.45) is 16.6 Å². The van der Waals surface area contributed by atoms with E-state index >= 15 is 0 Å². The third-order valence-electron chi connectivity index (χ3n) is 5.42. The summed E-state index contributed by atoms with van der Waals surface area (Å²) < 4.78 is 0. The molecule has 0 saturated heterocycles. The summed E-state index contributed by atoms with van der Waals surface area (Å²) in [4.78, 5) is 12.3. The highest BCUT2D eigenvalue weighted by molar-refractivity contribution is 5.89. The van der Waals surface area contributed by atoms with Gasteiger partial charge in [-0.25, -0.2) is 0 Å². The van der Waals surface area contributed by atoms with Crippen molar-refractivity contribution < 1.29 is 4.79 Å². The van der Waals surface area contributed by atoms with Crippen molar-refractivity contribution in [1.82, 2.24) is 0 Å². The van der Waals surface area contributed by atoms with Crippen molar-refractivity contribution in [3.05, 3.63) is 0 Å². The van der Waals surface area contributed by atoms with Crippen LogP contribution in [0.2, 0.25) is 0 Å². The molecule has 0 aromatic heterocycles. The normalized spacial score (nSPS) is 37.1. The van der Waals surface area contributed by atoms with Crippen molar-refractivity contribution in [2.45, 2.75) is 63.8 Å². The summed E-state index contributed by atoms with van der Waals surface area (Å²) in [5, 5.41) is 0. The number of Topliss-reactive ketones (excluding diaryl/α,β-unsaturated/α-hetero) is 1. The largest absolute Gasteiger partial charge is 0.326 e. The van der Waals surface area contributed by atoms with Crippen molar-refractivity contribution in [3.8, 4) is 0 Å². The van der Waals surface area contributed by atoms with E-state index in [1.165, 1.54) is 38.5 Å². The molecule has 2 spiro atoms. The molecule has 0 aromatic rings. The highest BCUT2D eigenvalue weighted by Crippen LogP contribution is 2.59. The van der Waals surface area contributed by atoms with Gasteiger partial charge in [-0.05, 0) is 31.1 Å². The van der Waals surface area contributed by atoms with Crippen LogP contribution in [-0.2, 0) is 4.79 Å². The topological polar surface area (TPSA) is 43.1 Å². The van der Waals surface area contributed by atoms with Crippen LogP contribution in [0.3, 0.4) is 0 Å². The standard InChI is InChI=1S/C13H21NO/c14-11-12(5-1-2-6-12)9-10(15)13(11)7-3-4-8-13/h11H,1-9,14H2. The molecular formula is C13H21NO. The van der Waals surface area contributed by atoms with E-state index in [-0.39, 0.29) is 16.9 Å². The molecule has 15 heavy (non-hydrogen) atoms. The zero-order chi connectivity index (χ0) is 10.5. The summed E-state index contributed by atoms with van der Waals surface area (Å²) in [6.45, 7) is 0. The second-order valence-corrected chi connectivity index (χ2v) is 6.01. The van der Waals surface area contributed by atoms with Crippen LogP contribution >= 0.6 is 0 Å². The average Bonchev–Trinajstić information content (AvgIpc) is 2.88. The van der Waals surface area contributed by atoms with Crippen LogP contribution in [0.5, 0.6) is 0 Å². The monoisotopic (exact) mass is 207 g/mol. The fourth-order valence-corrected chi connectivity index (χ4v) is 4.53. The minimum Gasteiger partial charge on any atom is -0.326 e. The fraction of sp³-hybridized carbons (Fsp3) is 0.923. The molecule has 2 heteroatoms. The number of hydrogen-bond acceptors (Lipinski definition) is 2. The van der Waals surface area contributed by atoms with Crippen molar-refractivity contribution in [2.75, 3.05) is 0 Å². The molecule has 3 fully saturated rings. The predicted octanol–water partition coefficient (Wildman–Crippen LogP) is 2.41. The first-order chi connectivity index (χ1) is 7.20. The van der Waals surface area contributed by atoms with Gasteiger partial charge in [-0.3, -0.25) is 4.79 Å². The summed E-state index contributed by atoms with van der Waals surface area (Å²) >= 11 is 0. The van der Waals surface area contributed by atoms with Gasteiger partial charge in [-0.1, -0.05) is 25.7 Å². The maximum Gasteiger partial charge on any atom is 0.141 e. The van der Waals surface area contributed by atoms with Crippen LogP contribution in [0, 0.1) is 10.8 Å². The average molecular weight is 207 g/mol. The molecule has 2 nitrogen and oxygen atoms in total. The van der Waals surface area contributed by atoms with E-state index in [1.807, 2.05) is 0 Å². The molecule has 1 unspecified atom stereocenters. The minimum absolute atomic E-state index is 0.0790. The van der Waals surface area contributed by atoms with Gasteiger partial charge in [0.05, 0.1) is 0 Å². The maximum atomic E-state index is 12.3. The fourth-order valence-electron chi connectivity index (χ4n) is 4.53. The van der Waals surface area contributed by atoms with E-state index in [9.17, 15) is 4.79 Å². The van der Waals surface area contributed by atoms with E-state index < -0.39 is 0 Å². The molecule has 3 rings (SSSR count). The number of ketones is 1. The molecule has 0 aliphatic heterocycles. The van der Waals surface area contributed by atoms with Gasteiger partial charge in [0, 0.05) is 17.9 Å². The Balaban J connectivity index is 1.95. The van der Waals surface area contributed by atoms with Crippen LogP contribution < -0.4 is 5.73 Å². The number of rotatable bonds is 0. The van der Waals surface area contributed by atoms with E-state index in [4.69, 9.17) is 5.73 Å². The number of carbonyl (C=O) groups excluding carboxylic acids is 1. The van der Waals surface area contributed by atoms with Crippen LogP contribution in [-0.4, -0.2) is 11.8 Å². The Kier molecular flexibility index (Phi) is 2.01. The van der Waals surface area contributed by atoms with Gasteiger partial charge >= 0.3 is 0 Å². The second-order valence-electron chi connectivity index (χ2n) is 6.01. The Morgan fingerprint density at radius 2 is 1.53 bits per heavy atom. The molecule has 0 amide bonds. The van der Waals surface area contributed by atoms with Crippen LogP contribution in [0.4, 0.5) is 0 Å². The molecule has 1 atom stereocenters. The lowest BCUT2D eigenvalue weighted by molar-refractivity contribution is -0.125. The first-order valence-corrected chi connectivity index (χ1v) is 6.49. The van der Waals surface area contributed by atoms with Gasteiger partial charge in [0.2, 0.25) is 0 Å². The smallest absolute Gasteiger partial charge is 0.141 e. The molecule has 3 aliphatic carbocycles. The first-order valence-electron chi connectivity index (χ1n) is 6.49. The Hall–Kier alpha value is -0.370. The number of hydrogen-bond donors (Lipinski definition) is 1. The molecule has 0 heterocycles. The third kappa shape index (κ3) is 1.12. The van der Waals surface area contributed by atoms with E-state index in [0.717, 1.165) is 19.3 Å². The van der Waals surface area contributed by atoms with Gasteiger partial charge < -0.3 is 5.73 Å². The molecule has 0 bridgehead atoms. The molecule has 84 valence electrons. The van der Waals surface area contributed by atoms with Gasteiger partial charge in [-0.2, -0.15) is 0 Å². The predicted molar refractivity (Wildman–Crippen MR) is 59.4 cm³/mol. The molecule has 3 aliphatic rings. The Morgan fingerprint density at radius 1 is 1.00 bits per heavy atom. The van der Waals surface area contributed by atoms with E-state index in [1.54, 1.807) is 0 Å². The summed E-state index contributed by atoms with van der Waals surface area (Å²) in [5.74, 6) is 0.509. The van der Waals surface area contributed by atoms with Crippen LogP contribution in [0.1, 0.15) is 57.8 Å². The van der Waals surface area contributed by atoms with Crippen molar-refractivity contribution in [1.29, 1.82) is 0 Å². The Labute approximate surface area is 91.6 Å². The van der Waals surface area contributed by atoms with Crippen LogP contribution in [0.15, 0.2) is 0 Å². The molecule has 0 radical (unpaired) electrons. The van der Waals surface area contributed by atoms with E-state index in [2.05, 4.69) is 0 Å². The Morgan fingerprint density at radius 3 is 2.13 bits per heavy atom. The van der Waals surface area contributed by atoms with Gasteiger partial charge in [0.25, 0.3) is 0 Å². The molecule has 3 saturated carbocycles. The lowest BCUT2D eigenvalue weighted by Crippen LogP contribution is -2.46. The zero-order valence-electron chi connectivity index (χ0n) is 9.43. The lowest BCUT2D eigenvalue weighted by Gasteiger charge is -2.35. The van der Waals surface area contributed by atoms with Crippen LogP contribution in [0.25, 0.3) is 0 Å². The molecular weight excluding hydrogens is 186 g/mol. The summed E-state index contributed by atoms with van der Waals surface area (Å²) in [6.07, 6.45) is 10.4. The first kappa shape index (κ1) is 9.83. The Bertz CT molecular complexity index is 285. The number of carbonyl (C=O) groups is 1. The minimum atomic E-state index is -0.0790. The SMILES string of the molecule is NC1C2(CCCC2)CC(=O)C12CCCC2. The highest BCUT2D eigenvalue weighted by Gasteiger charge is 2.61. The summed E-state index contributed by atoms with van der Waals surface area (Å²) in [5.41, 5.74) is 6.63. The van der Waals surface area contributed by atoms with Gasteiger partial charge in [0.1, 0.15) is 5.78 Å². The quantitative estimate of drug-likeness (QED) is 0.663. The summed E-state index contributed by atoms with van der Waals surface area (Å²) in [7, 11) is 0. The number of nitrogens with two attached hydrogens (primary N) is 1. The second kappa shape index (κ2) is 3.07. The lowest BCUT2D eigenvalue weighted by atomic mass is 9.72. The van der Waals surface area contributed by atoms with Gasteiger partial charge in [0.15, 0.2) is 0 Å². The van der Waals surface area contributed by atoms with E-state index in [0.29, 0.717) is 5.78 Å².